The van der Waals surface area contributed by atoms with Gasteiger partial charge < -0.3 is 15.5 Å². The Kier molecular flexibility index (Phi) is 5.02. The first-order valence-electron chi connectivity index (χ1n) is 9.90. The number of fused-ring (bicyclic) bond motifs is 1. The van der Waals surface area contributed by atoms with E-state index in [0.29, 0.717) is 39.9 Å². The molecule has 2 saturated carbocycles. The van der Waals surface area contributed by atoms with Gasteiger partial charge in [0, 0.05) is 10.9 Å². The third-order valence-corrected chi connectivity index (χ3v) is 6.35. The minimum atomic E-state index is -4.40. The molecular formula is C19H19F3N6O2S. The van der Waals surface area contributed by atoms with E-state index in [-0.39, 0.29) is 6.04 Å². The predicted octanol–water partition coefficient (Wildman–Crippen LogP) is 3.02. The molecule has 0 bridgehead atoms. The molecule has 8 nitrogen and oxygen atoms in total. The first-order chi connectivity index (χ1) is 14.8. The number of aliphatic hydroxyl groups excluding tert-OH is 2. The van der Waals surface area contributed by atoms with Crippen LogP contribution in [0.15, 0.2) is 34.3 Å². The molecule has 0 unspecified atom stereocenters. The van der Waals surface area contributed by atoms with Crippen LogP contribution in [0.5, 0.6) is 0 Å². The van der Waals surface area contributed by atoms with Gasteiger partial charge in [0.05, 0.1) is 17.7 Å². The largest absolute Gasteiger partial charge is 0.416 e. The minimum absolute atomic E-state index is 0.283. The summed E-state index contributed by atoms with van der Waals surface area (Å²) in [5, 5.41) is 32.2. The lowest BCUT2D eigenvalue weighted by Gasteiger charge is -2.16. The standard InChI is InChI=1S/C19H19F3N6O2S/c20-19(21,22)9-1-5-11(6-2-9)31-18-24-16(23-10-3-4-10)14-17(25-18)28(27-26-14)12-7-8-13(29)15(12)30/h1-2,5-6,10,12-13,15,29-30H,3-4,7-8H2,(H,23,24,25)/t12-,13-,15+/m1/s1. The fourth-order valence-corrected chi connectivity index (χ4v) is 4.38. The zero-order chi connectivity index (χ0) is 21.8. The van der Waals surface area contributed by atoms with Crippen molar-refractivity contribution in [2.75, 3.05) is 5.32 Å². The van der Waals surface area contributed by atoms with E-state index in [0.717, 1.165) is 36.7 Å². The van der Waals surface area contributed by atoms with Crippen LogP contribution in [-0.2, 0) is 6.18 Å². The minimum Gasteiger partial charge on any atom is -0.390 e. The Morgan fingerprint density at radius 3 is 2.39 bits per heavy atom. The average molecular weight is 452 g/mol. The van der Waals surface area contributed by atoms with E-state index in [9.17, 15) is 23.4 Å². The summed E-state index contributed by atoms with van der Waals surface area (Å²) in [6, 6.07) is 4.61. The zero-order valence-corrected chi connectivity index (χ0v) is 16.9. The average Bonchev–Trinajstić information content (AvgIpc) is 3.35. The maximum atomic E-state index is 12.8. The first kappa shape index (κ1) is 20.5. The van der Waals surface area contributed by atoms with Gasteiger partial charge in [-0.05, 0) is 61.7 Å². The molecule has 2 fully saturated rings. The topological polar surface area (TPSA) is 109 Å². The molecule has 0 radical (unpaired) electrons. The molecule has 1 aromatic carbocycles. The molecule has 5 rings (SSSR count). The molecule has 31 heavy (non-hydrogen) atoms. The number of anilines is 1. The van der Waals surface area contributed by atoms with Crippen LogP contribution in [-0.4, -0.2) is 53.4 Å². The van der Waals surface area contributed by atoms with E-state index in [1.807, 2.05) is 0 Å². The van der Waals surface area contributed by atoms with Crippen molar-refractivity contribution >= 4 is 28.7 Å². The number of hydrogen-bond donors (Lipinski definition) is 3. The highest BCUT2D eigenvalue weighted by molar-refractivity contribution is 7.99. The quantitative estimate of drug-likeness (QED) is 0.507. The molecule has 0 saturated heterocycles. The van der Waals surface area contributed by atoms with Crippen molar-refractivity contribution in [1.29, 1.82) is 0 Å². The molecule has 2 aliphatic rings. The van der Waals surface area contributed by atoms with Crippen LogP contribution < -0.4 is 5.32 Å². The second-order valence-electron chi connectivity index (χ2n) is 7.81. The van der Waals surface area contributed by atoms with Crippen LogP contribution in [0.25, 0.3) is 11.2 Å². The maximum absolute atomic E-state index is 12.8. The summed E-state index contributed by atoms with van der Waals surface area (Å²) in [6.45, 7) is 0. The lowest BCUT2D eigenvalue weighted by Crippen LogP contribution is -2.28. The van der Waals surface area contributed by atoms with Crippen LogP contribution in [0.1, 0.15) is 37.3 Å². The van der Waals surface area contributed by atoms with Gasteiger partial charge in [-0.3, -0.25) is 0 Å². The molecule has 3 atom stereocenters. The van der Waals surface area contributed by atoms with Crippen molar-refractivity contribution < 1.29 is 23.4 Å². The molecule has 2 aromatic heterocycles. The van der Waals surface area contributed by atoms with Gasteiger partial charge in [-0.25, -0.2) is 14.6 Å². The van der Waals surface area contributed by atoms with E-state index in [1.54, 1.807) is 0 Å². The van der Waals surface area contributed by atoms with E-state index in [4.69, 9.17) is 0 Å². The van der Waals surface area contributed by atoms with Gasteiger partial charge in [0.1, 0.15) is 6.10 Å². The van der Waals surface area contributed by atoms with Crippen LogP contribution in [0.4, 0.5) is 19.0 Å². The Morgan fingerprint density at radius 2 is 1.77 bits per heavy atom. The number of nitrogens with zero attached hydrogens (tertiary/aromatic N) is 5. The first-order valence-corrected chi connectivity index (χ1v) is 10.7. The van der Waals surface area contributed by atoms with Crippen LogP contribution in [0.3, 0.4) is 0 Å². The summed E-state index contributed by atoms with van der Waals surface area (Å²) in [5.74, 6) is 0.501. The number of aliphatic hydroxyl groups is 2. The Labute approximate surface area is 178 Å². The molecule has 164 valence electrons. The maximum Gasteiger partial charge on any atom is 0.416 e. The van der Waals surface area contributed by atoms with Crippen molar-refractivity contribution in [3.63, 3.8) is 0 Å². The number of aromatic nitrogens is 5. The number of benzene rings is 1. The second-order valence-corrected chi connectivity index (χ2v) is 8.85. The Hall–Kier alpha value is -2.44. The number of halogens is 3. The van der Waals surface area contributed by atoms with Crippen molar-refractivity contribution in [2.45, 2.75) is 66.2 Å². The fourth-order valence-electron chi connectivity index (χ4n) is 3.62. The Morgan fingerprint density at radius 1 is 1.03 bits per heavy atom. The van der Waals surface area contributed by atoms with Gasteiger partial charge in [0.15, 0.2) is 22.1 Å². The van der Waals surface area contributed by atoms with E-state index >= 15 is 0 Å². The Balaban J connectivity index is 1.51. The second kappa shape index (κ2) is 7.61. The van der Waals surface area contributed by atoms with Gasteiger partial charge in [0.2, 0.25) is 0 Å². The molecule has 12 heteroatoms. The highest BCUT2D eigenvalue weighted by Crippen LogP contribution is 2.36. The molecule has 0 aliphatic heterocycles. The van der Waals surface area contributed by atoms with Crippen molar-refractivity contribution in [1.82, 2.24) is 25.0 Å². The highest BCUT2D eigenvalue weighted by Gasteiger charge is 2.37. The molecule has 3 N–H and O–H groups in total. The predicted molar refractivity (Wildman–Crippen MR) is 106 cm³/mol. The van der Waals surface area contributed by atoms with Gasteiger partial charge in [-0.15, -0.1) is 5.10 Å². The van der Waals surface area contributed by atoms with Crippen LogP contribution in [0.2, 0.25) is 0 Å². The molecule has 2 aliphatic carbocycles. The molecular weight excluding hydrogens is 433 g/mol. The summed E-state index contributed by atoms with van der Waals surface area (Å²) in [6.07, 6.45) is -3.23. The van der Waals surface area contributed by atoms with Gasteiger partial charge in [-0.2, -0.15) is 13.2 Å². The third kappa shape index (κ3) is 4.06. The SMILES string of the molecule is O[C@@H]1[C@H](O)CC[C@H]1n1nnc2c(NC3CC3)nc(Sc3ccc(C(F)(F)F)cc3)nc21. The number of nitrogens with one attached hydrogen (secondary N) is 1. The van der Waals surface area contributed by atoms with E-state index < -0.39 is 30.0 Å². The molecule has 2 heterocycles. The zero-order valence-electron chi connectivity index (χ0n) is 16.1. The summed E-state index contributed by atoms with van der Waals surface area (Å²) >= 11 is 1.13. The lowest BCUT2D eigenvalue weighted by atomic mass is 10.2. The lowest BCUT2D eigenvalue weighted by molar-refractivity contribution is -0.137. The summed E-state index contributed by atoms with van der Waals surface area (Å²) in [5.41, 5.74) is 0.142. The van der Waals surface area contributed by atoms with Crippen molar-refractivity contribution in [2.24, 2.45) is 0 Å². The third-order valence-electron chi connectivity index (χ3n) is 5.47. The normalized spacial score (nSPS) is 24.1. The number of alkyl halides is 3. The van der Waals surface area contributed by atoms with Crippen LogP contribution >= 0.6 is 11.8 Å². The molecule has 0 spiro atoms. The monoisotopic (exact) mass is 452 g/mol. The number of hydrogen-bond acceptors (Lipinski definition) is 8. The summed E-state index contributed by atoms with van der Waals surface area (Å²) < 4.78 is 40.0. The summed E-state index contributed by atoms with van der Waals surface area (Å²) in [4.78, 5) is 9.60. The van der Waals surface area contributed by atoms with Crippen molar-refractivity contribution in [3.8, 4) is 0 Å². The highest BCUT2D eigenvalue weighted by atomic mass is 32.2. The number of rotatable bonds is 5. The van der Waals surface area contributed by atoms with Crippen LogP contribution in [0, 0.1) is 0 Å². The van der Waals surface area contributed by atoms with E-state index in [2.05, 4.69) is 25.6 Å². The van der Waals surface area contributed by atoms with Crippen molar-refractivity contribution in [3.05, 3.63) is 29.8 Å². The van der Waals surface area contributed by atoms with Gasteiger partial charge in [-0.1, -0.05) is 5.21 Å². The molecule has 0 amide bonds. The fraction of sp³-hybridized carbons (Fsp3) is 0.474. The smallest absolute Gasteiger partial charge is 0.390 e. The summed E-state index contributed by atoms with van der Waals surface area (Å²) in [7, 11) is 0. The van der Waals surface area contributed by atoms with Gasteiger partial charge in [0.25, 0.3) is 0 Å². The van der Waals surface area contributed by atoms with E-state index in [1.165, 1.54) is 16.8 Å². The Bertz CT molecular complexity index is 1100. The van der Waals surface area contributed by atoms with Gasteiger partial charge >= 0.3 is 6.18 Å². The molecule has 3 aromatic rings.